The third-order valence-electron chi connectivity index (χ3n) is 2.77. The highest BCUT2D eigenvalue weighted by Gasteiger charge is 2.12. The van der Waals surface area contributed by atoms with Gasteiger partial charge in [0.15, 0.2) is 0 Å². The van der Waals surface area contributed by atoms with Crippen LogP contribution >= 0.6 is 0 Å². The van der Waals surface area contributed by atoms with E-state index in [1.54, 1.807) is 7.05 Å². The van der Waals surface area contributed by atoms with Crippen LogP contribution in [0.3, 0.4) is 0 Å². The minimum atomic E-state index is 0.543. The van der Waals surface area contributed by atoms with E-state index in [-0.39, 0.29) is 0 Å². The highest BCUT2D eigenvalue weighted by Crippen LogP contribution is 2.16. The van der Waals surface area contributed by atoms with Gasteiger partial charge in [-0.2, -0.15) is 15.0 Å². The lowest BCUT2D eigenvalue weighted by atomic mass is 10.4. The van der Waals surface area contributed by atoms with Crippen molar-refractivity contribution in [3.63, 3.8) is 0 Å². The molecular weight excluding hydrogens is 256 g/mol. The molecule has 0 bridgehead atoms. The van der Waals surface area contributed by atoms with Crippen molar-refractivity contribution in [2.45, 2.75) is 13.5 Å². The Morgan fingerprint density at radius 1 is 1.10 bits per heavy atom. The van der Waals surface area contributed by atoms with Crippen molar-refractivity contribution in [1.82, 2.24) is 15.0 Å². The zero-order chi connectivity index (χ0) is 14.7. The number of anilines is 3. The lowest BCUT2D eigenvalue weighted by molar-refractivity contribution is 0.480. The Hall–Kier alpha value is -2.31. The Kier molecular flexibility index (Phi) is 4.07. The van der Waals surface area contributed by atoms with Crippen LogP contribution in [0.2, 0.25) is 0 Å². The number of aryl methyl sites for hydroxylation is 1. The fourth-order valence-electron chi connectivity index (χ4n) is 1.71. The molecule has 0 aliphatic heterocycles. The van der Waals surface area contributed by atoms with Crippen molar-refractivity contribution in [2.75, 3.05) is 43.3 Å². The van der Waals surface area contributed by atoms with Gasteiger partial charge in [0.1, 0.15) is 11.5 Å². The average Bonchev–Trinajstić information content (AvgIpc) is 2.83. The molecule has 0 unspecified atom stereocenters. The van der Waals surface area contributed by atoms with E-state index >= 15 is 0 Å². The molecule has 0 atom stereocenters. The average molecular weight is 276 g/mol. The number of nitrogens with zero attached hydrogens (tertiary/aromatic N) is 5. The van der Waals surface area contributed by atoms with E-state index in [1.165, 1.54) is 0 Å². The van der Waals surface area contributed by atoms with Crippen LogP contribution < -0.4 is 15.1 Å². The van der Waals surface area contributed by atoms with Gasteiger partial charge in [0.2, 0.25) is 17.8 Å². The molecule has 7 nitrogen and oxygen atoms in total. The largest absolute Gasteiger partial charge is 0.464 e. The van der Waals surface area contributed by atoms with E-state index in [2.05, 4.69) is 20.3 Å². The maximum absolute atomic E-state index is 5.57. The van der Waals surface area contributed by atoms with E-state index in [0.29, 0.717) is 24.4 Å². The van der Waals surface area contributed by atoms with Gasteiger partial charge in [-0.05, 0) is 19.1 Å². The maximum Gasteiger partial charge on any atom is 0.232 e. The van der Waals surface area contributed by atoms with Crippen LogP contribution in [0, 0.1) is 6.92 Å². The van der Waals surface area contributed by atoms with Crippen LogP contribution in [-0.2, 0) is 6.54 Å². The number of hydrogen-bond donors (Lipinski definition) is 1. The molecule has 2 aromatic heterocycles. The Morgan fingerprint density at radius 3 is 2.35 bits per heavy atom. The molecule has 0 aliphatic rings. The van der Waals surface area contributed by atoms with Crippen molar-refractivity contribution in [2.24, 2.45) is 0 Å². The molecule has 7 heteroatoms. The second kappa shape index (κ2) is 5.77. The molecule has 1 N–H and O–H groups in total. The zero-order valence-corrected chi connectivity index (χ0v) is 12.5. The first-order valence-electron chi connectivity index (χ1n) is 6.37. The summed E-state index contributed by atoms with van der Waals surface area (Å²) in [7, 11) is 7.50. The first kappa shape index (κ1) is 14.1. The number of nitrogens with one attached hydrogen (secondary N) is 1. The van der Waals surface area contributed by atoms with Gasteiger partial charge < -0.3 is 19.5 Å². The van der Waals surface area contributed by atoms with Crippen LogP contribution in [0.25, 0.3) is 0 Å². The van der Waals surface area contributed by atoms with Crippen LogP contribution in [0.4, 0.5) is 17.8 Å². The Balaban J connectivity index is 2.24. The highest BCUT2D eigenvalue weighted by atomic mass is 16.3. The van der Waals surface area contributed by atoms with Gasteiger partial charge in [-0.1, -0.05) is 0 Å². The summed E-state index contributed by atoms with van der Waals surface area (Å²) in [5, 5.41) is 2.95. The first-order valence-corrected chi connectivity index (χ1v) is 6.37. The minimum absolute atomic E-state index is 0.543. The first-order chi connectivity index (χ1) is 9.49. The lowest BCUT2D eigenvalue weighted by Gasteiger charge is -2.18. The molecule has 0 aliphatic carbocycles. The van der Waals surface area contributed by atoms with Gasteiger partial charge in [0, 0.05) is 28.2 Å². The summed E-state index contributed by atoms with van der Waals surface area (Å²) in [5.41, 5.74) is 0. The Labute approximate surface area is 118 Å². The Bertz CT molecular complexity index is 580. The van der Waals surface area contributed by atoms with E-state index < -0.39 is 0 Å². The predicted molar refractivity (Wildman–Crippen MR) is 79.3 cm³/mol. The molecule has 0 fully saturated rings. The van der Waals surface area contributed by atoms with E-state index in [9.17, 15) is 0 Å². The van der Waals surface area contributed by atoms with Crippen LogP contribution in [0.15, 0.2) is 16.5 Å². The molecule has 0 aromatic carbocycles. The van der Waals surface area contributed by atoms with E-state index in [1.807, 2.05) is 50.0 Å². The van der Waals surface area contributed by atoms with Crippen molar-refractivity contribution >= 4 is 17.8 Å². The fraction of sp³-hybridized carbons (Fsp3) is 0.462. The number of furan rings is 1. The summed E-state index contributed by atoms with van der Waals surface area (Å²) in [6.45, 7) is 2.53. The van der Waals surface area contributed by atoms with Gasteiger partial charge in [0.25, 0.3) is 0 Å². The standard InChI is InChI=1S/C13H20N6O/c1-9-6-7-10(20-9)8-19(5)13-16-11(14-2)15-12(17-13)18(3)4/h6-7H,8H2,1-5H3,(H,14,15,16,17). The number of aromatic nitrogens is 3. The summed E-state index contributed by atoms with van der Waals surface area (Å²) in [6, 6.07) is 3.90. The van der Waals surface area contributed by atoms with Gasteiger partial charge in [-0.25, -0.2) is 0 Å². The quantitative estimate of drug-likeness (QED) is 0.887. The number of rotatable bonds is 5. The summed E-state index contributed by atoms with van der Waals surface area (Å²) >= 11 is 0. The molecule has 0 saturated carbocycles. The summed E-state index contributed by atoms with van der Waals surface area (Å²) < 4.78 is 5.57. The third-order valence-corrected chi connectivity index (χ3v) is 2.77. The van der Waals surface area contributed by atoms with E-state index in [0.717, 1.165) is 11.5 Å². The minimum Gasteiger partial charge on any atom is -0.464 e. The van der Waals surface area contributed by atoms with Gasteiger partial charge in [-0.15, -0.1) is 0 Å². The fourth-order valence-corrected chi connectivity index (χ4v) is 1.71. The summed E-state index contributed by atoms with van der Waals surface area (Å²) in [4.78, 5) is 16.8. The second-order valence-electron chi connectivity index (χ2n) is 4.77. The van der Waals surface area contributed by atoms with Crippen molar-refractivity contribution < 1.29 is 4.42 Å². The maximum atomic E-state index is 5.57. The Morgan fingerprint density at radius 2 is 1.80 bits per heavy atom. The molecular formula is C13H20N6O. The molecule has 2 aromatic rings. The van der Waals surface area contributed by atoms with E-state index in [4.69, 9.17) is 4.42 Å². The zero-order valence-electron chi connectivity index (χ0n) is 12.5. The smallest absolute Gasteiger partial charge is 0.232 e. The number of hydrogen-bond acceptors (Lipinski definition) is 7. The SMILES string of the molecule is CNc1nc(N(C)C)nc(N(C)Cc2ccc(C)o2)n1. The molecule has 0 saturated heterocycles. The molecule has 2 rings (SSSR count). The summed E-state index contributed by atoms with van der Waals surface area (Å²) in [6.07, 6.45) is 0. The molecule has 0 spiro atoms. The van der Waals surface area contributed by atoms with Crippen molar-refractivity contribution in [1.29, 1.82) is 0 Å². The van der Waals surface area contributed by atoms with Crippen molar-refractivity contribution in [3.05, 3.63) is 23.7 Å². The van der Waals surface area contributed by atoms with Crippen LogP contribution in [0.5, 0.6) is 0 Å². The van der Waals surface area contributed by atoms with Crippen molar-refractivity contribution in [3.8, 4) is 0 Å². The molecule has 108 valence electrons. The molecule has 0 radical (unpaired) electrons. The monoisotopic (exact) mass is 276 g/mol. The second-order valence-corrected chi connectivity index (χ2v) is 4.77. The summed E-state index contributed by atoms with van der Waals surface area (Å²) in [5.74, 6) is 3.53. The normalized spacial score (nSPS) is 10.4. The molecule has 2 heterocycles. The topological polar surface area (TPSA) is 70.3 Å². The third kappa shape index (κ3) is 3.17. The van der Waals surface area contributed by atoms with Gasteiger partial charge in [0.05, 0.1) is 6.54 Å². The van der Waals surface area contributed by atoms with Gasteiger partial charge >= 0.3 is 0 Å². The van der Waals surface area contributed by atoms with Gasteiger partial charge in [-0.3, -0.25) is 0 Å². The van der Waals surface area contributed by atoms with Crippen LogP contribution in [-0.4, -0.2) is 43.1 Å². The highest BCUT2D eigenvalue weighted by molar-refractivity contribution is 5.43. The molecule has 20 heavy (non-hydrogen) atoms. The molecule has 0 amide bonds. The predicted octanol–water partition coefficient (Wildman–Crippen LogP) is 1.52. The lowest BCUT2D eigenvalue weighted by Crippen LogP contribution is -2.22. The van der Waals surface area contributed by atoms with Crippen LogP contribution in [0.1, 0.15) is 11.5 Å².